The van der Waals surface area contributed by atoms with Crippen LogP contribution in [0.5, 0.6) is 0 Å². The van der Waals surface area contributed by atoms with Gasteiger partial charge in [0.25, 0.3) is 0 Å². The first-order valence-electron chi connectivity index (χ1n) is 10.9. The predicted octanol–water partition coefficient (Wildman–Crippen LogP) is 4.33. The van der Waals surface area contributed by atoms with Gasteiger partial charge in [-0.05, 0) is 43.7 Å². The number of nitrogens with zero attached hydrogens (tertiary/aromatic N) is 3. The van der Waals surface area contributed by atoms with E-state index in [0.29, 0.717) is 28.0 Å². The minimum atomic E-state index is -1.06. The van der Waals surface area contributed by atoms with Gasteiger partial charge in [0.1, 0.15) is 5.58 Å². The Hall–Kier alpha value is -3.29. The largest absolute Gasteiger partial charge is 0.476 e. The third kappa shape index (κ3) is 4.09. The number of hydrogen-bond donors (Lipinski definition) is 2. The van der Waals surface area contributed by atoms with Gasteiger partial charge in [0, 0.05) is 31.8 Å². The Bertz CT molecular complexity index is 1230. The minimum absolute atomic E-state index is 0.0733. The smallest absolute Gasteiger partial charge is 0.356 e. The second-order valence-corrected chi connectivity index (χ2v) is 9.53. The average Bonchev–Trinajstić information content (AvgIpc) is 3.08. The van der Waals surface area contributed by atoms with E-state index < -0.39 is 5.97 Å². The van der Waals surface area contributed by atoms with Crippen LogP contribution in [0.15, 0.2) is 33.6 Å². The molecule has 2 N–H and O–H groups in total. The lowest BCUT2D eigenvalue weighted by Crippen LogP contribution is -2.37. The van der Waals surface area contributed by atoms with Crippen molar-refractivity contribution < 1.29 is 14.3 Å². The Morgan fingerprint density at radius 2 is 1.94 bits per heavy atom. The molecule has 0 spiro atoms. The van der Waals surface area contributed by atoms with Crippen LogP contribution in [0.3, 0.4) is 0 Å². The summed E-state index contributed by atoms with van der Waals surface area (Å²) in [5, 5.41) is 17.3. The fourth-order valence-corrected chi connectivity index (χ4v) is 4.34. The lowest BCUT2D eigenvalue weighted by molar-refractivity contribution is 0.0686. The van der Waals surface area contributed by atoms with Crippen molar-refractivity contribution >= 4 is 28.5 Å². The minimum Gasteiger partial charge on any atom is -0.476 e. The Morgan fingerprint density at radius 1 is 1.25 bits per heavy atom. The van der Waals surface area contributed by atoms with Crippen molar-refractivity contribution in [3.63, 3.8) is 0 Å². The van der Waals surface area contributed by atoms with Crippen LogP contribution in [0, 0.1) is 12.3 Å². The number of carboxylic acid groups (broad SMARTS) is 1. The van der Waals surface area contributed by atoms with Gasteiger partial charge in [-0.1, -0.05) is 19.9 Å². The van der Waals surface area contributed by atoms with Crippen molar-refractivity contribution in [2.75, 3.05) is 23.3 Å². The summed E-state index contributed by atoms with van der Waals surface area (Å²) in [6, 6.07) is 5.10. The van der Waals surface area contributed by atoms with E-state index in [9.17, 15) is 14.7 Å². The van der Waals surface area contributed by atoms with Gasteiger partial charge in [0.2, 0.25) is 0 Å². The number of rotatable bonds is 5. The highest BCUT2D eigenvalue weighted by Crippen LogP contribution is 2.34. The van der Waals surface area contributed by atoms with E-state index >= 15 is 0 Å². The molecule has 4 rings (SSSR count). The molecule has 1 saturated heterocycles. The molecule has 32 heavy (non-hydrogen) atoms. The fraction of sp³-hybridized carbons (Fsp3) is 0.458. The lowest BCUT2D eigenvalue weighted by atomic mass is 9.83. The molecule has 0 aliphatic carbocycles. The van der Waals surface area contributed by atoms with Gasteiger partial charge in [0.05, 0.1) is 23.3 Å². The SMILES string of the molecule is Cc1cc([C@@H](C)Nc2cnn(C)c2C(=O)O)c2oc(N3CCC(C)(C)CC3)cc(=O)c2c1. The van der Waals surface area contributed by atoms with E-state index in [1.165, 1.54) is 10.9 Å². The normalized spacial score (nSPS) is 16.8. The zero-order chi connectivity index (χ0) is 23.2. The van der Waals surface area contributed by atoms with E-state index in [1.807, 2.05) is 26.0 Å². The fourth-order valence-electron chi connectivity index (χ4n) is 4.34. The second kappa shape index (κ2) is 8.00. The first kappa shape index (κ1) is 21.9. The molecule has 2 aromatic heterocycles. The van der Waals surface area contributed by atoms with Crippen molar-refractivity contribution in [1.29, 1.82) is 0 Å². The van der Waals surface area contributed by atoms with Gasteiger partial charge >= 0.3 is 5.97 Å². The molecule has 3 aromatic rings. The zero-order valence-electron chi connectivity index (χ0n) is 19.2. The first-order chi connectivity index (χ1) is 15.1. The number of anilines is 2. The molecule has 0 amide bonds. The number of aromatic nitrogens is 2. The van der Waals surface area contributed by atoms with Gasteiger partial charge in [-0.25, -0.2) is 4.79 Å². The van der Waals surface area contributed by atoms with Crippen molar-refractivity contribution in [3.05, 3.63) is 51.4 Å². The molecule has 1 aromatic carbocycles. The Balaban J connectivity index is 1.75. The summed E-state index contributed by atoms with van der Waals surface area (Å²) < 4.78 is 7.65. The van der Waals surface area contributed by atoms with Crippen LogP contribution in [0.4, 0.5) is 11.6 Å². The second-order valence-electron chi connectivity index (χ2n) is 9.53. The third-order valence-corrected chi connectivity index (χ3v) is 6.40. The maximum Gasteiger partial charge on any atom is 0.356 e. The molecule has 0 bridgehead atoms. The summed E-state index contributed by atoms with van der Waals surface area (Å²) in [6.45, 7) is 10.1. The quantitative estimate of drug-likeness (QED) is 0.611. The van der Waals surface area contributed by atoms with E-state index in [0.717, 1.165) is 37.1 Å². The molecule has 0 unspecified atom stereocenters. The topological polar surface area (TPSA) is 101 Å². The Morgan fingerprint density at radius 3 is 2.59 bits per heavy atom. The number of aryl methyl sites for hydroxylation is 2. The predicted molar refractivity (Wildman–Crippen MR) is 125 cm³/mol. The summed E-state index contributed by atoms with van der Waals surface area (Å²) >= 11 is 0. The van der Waals surface area contributed by atoms with Crippen LogP contribution in [0.2, 0.25) is 0 Å². The van der Waals surface area contributed by atoms with Crippen LogP contribution >= 0.6 is 0 Å². The molecule has 1 aliphatic heterocycles. The van der Waals surface area contributed by atoms with E-state index in [-0.39, 0.29) is 17.2 Å². The highest BCUT2D eigenvalue weighted by molar-refractivity contribution is 5.92. The van der Waals surface area contributed by atoms with Crippen LogP contribution in [0.1, 0.15) is 61.3 Å². The number of carboxylic acids is 1. The monoisotopic (exact) mass is 438 g/mol. The lowest BCUT2D eigenvalue weighted by Gasteiger charge is -2.37. The number of aromatic carboxylic acids is 1. The number of hydrogen-bond acceptors (Lipinski definition) is 6. The van der Waals surface area contributed by atoms with E-state index in [4.69, 9.17) is 4.42 Å². The summed E-state index contributed by atoms with van der Waals surface area (Å²) in [7, 11) is 1.59. The van der Waals surface area contributed by atoms with Gasteiger partial charge in [-0.15, -0.1) is 0 Å². The summed E-state index contributed by atoms with van der Waals surface area (Å²) in [4.78, 5) is 26.8. The number of fused-ring (bicyclic) bond motifs is 1. The molecule has 0 radical (unpaired) electrons. The average molecular weight is 439 g/mol. The van der Waals surface area contributed by atoms with E-state index in [1.54, 1.807) is 13.1 Å². The van der Waals surface area contributed by atoms with Crippen LogP contribution in [0.25, 0.3) is 11.0 Å². The van der Waals surface area contributed by atoms with Gasteiger partial charge in [-0.3, -0.25) is 9.48 Å². The highest BCUT2D eigenvalue weighted by Gasteiger charge is 2.27. The molecular weight excluding hydrogens is 408 g/mol. The van der Waals surface area contributed by atoms with E-state index in [2.05, 4.69) is 29.2 Å². The summed E-state index contributed by atoms with van der Waals surface area (Å²) in [5.74, 6) is -0.474. The molecule has 170 valence electrons. The Kier molecular flexibility index (Phi) is 5.48. The molecule has 1 aliphatic rings. The first-order valence-corrected chi connectivity index (χ1v) is 10.9. The van der Waals surface area contributed by atoms with Gasteiger partial charge in [0.15, 0.2) is 17.0 Å². The molecule has 8 nitrogen and oxygen atoms in total. The van der Waals surface area contributed by atoms with Crippen molar-refractivity contribution in [2.24, 2.45) is 12.5 Å². The zero-order valence-corrected chi connectivity index (χ0v) is 19.2. The molecular formula is C24H30N4O4. The van der Waals surface area contributed by atoms with Crippen molar-refractivity contribution in [1.82, 2.24) is 9.78 Å². The molecule has 3 heterocycles. The van der Waals surface area contributed by atoms with Crippen LogP contribution in [-0.4, -0.2) is 33.9 Å². The number of piperidine rings is 1. The number of nitrogens with one attached hydrogen (secondary N) is 1. The highest BCUT2D eigenvalue weighted by atomic mass is 16.4. The van der Waals surface area contributed by atoms with Crippen LogP contribution in [-0.2, 0) is 7.05 Å². The van der Waals surface area contributed by atoms with Crippen LogP contribution < -0.4 is 15.6 Å². The van der Waals surface area contributed by atoms with Gasteiger partial charge in [-0.2, -0.15) is 5.10 Å². The Labute approximate surface area is 186 Å². The maximum absolute atomic E-state index is 13.0. The molecule has 8 heteroatoms. The summed E-state index contributed by atoms with van der Waals surface area (Å²) in [5.41, 5.74) is 2.98. The molecule has 0 saturated carbocycles. The van der Waals surface area contributed by atoms with Gasteiger partial charge < -0.3 is 19.7 Å². The number of carbonyl (C=O) groups is 1. The molecule has 1 atom stereocenters. The third-order valence-electron chi connectivity index (χ3n) is 6.40. The molecule has 1 fully saturated rings. The summed E-state index contributed by atoms with van der Waals surface area (Å²) in [6.07, 6.45) is 3.56. The number of benzene rings is 1. The standard InChI is InChI=1S/C24H30N4O4/c1-14-10-16(15(2)26-18-13-25-27(5)21(18)23(30)31)22-17(11-14)19(29)12-20(32-22)28-8-6-24(3,4)7-9-28/h10-13,15,26H,6-9H2,1-5H3,(H,30,31)/t15-/m1/s1. The maximum atomic E-state index is 13.0. The van der Waals surface area contributed by atoms with Crippen molar-refractivity contribution in [2.45, 2.75) is 46.6 Å². The van der Waals surface area contributed by atoms with Crippen molar-refractivity contribution in [3.8, 4) is 0 Å².